The first kappa shape index (κ1) is 21.1. The van der Waals surface area contributed by atoms with Gasteiger partial charge in [0.25, 0.3) is 11.8 Å². The molecule has 3 aromatic rings. The Hall–Kier alpha value is -3.16. The zero-order valence-corrected chi connectivity index (χ0v) is 18.0. The minimum Gasteiger partial charge on any atom is -0.457 e. The van der Waals surface area contributed by atoms with Crippen LogP contribution in [0.3, 0.4) is 0 Å². The lowest BCUT2D eigenvalue weighted by Gasteiger charge is -2.34. The molecule has 1 aliphatic heterocycles. The largest absolute Gasteiger partial charge is 0.457 e. The Morgan fingerprint density at radius 1 is 0.903 bits per heavy atom. The number of piperazine rings is 1. The van der Waals surface area contributed by atoms with Crippen molar-refractivity contribution in [2.24, 2.45) is 0 Å². The summed E-state index contributed by atoms with van der Waals surface area (Å²) in [6.07, 6.45) is 0. The third-order valence-corrected chi connectivity index (χ3v) is 6.07. The van der Waals surface area contributed by atoms with Crippen LogP contribution in [0.15, 0.2) is 72.1 Å². The van der Waals surface area contributed by atoms with Gasteiger partial charge < -0.3 is 15.0 Å². The van der Waals surface area contributed by atoms with Gasteiger partial charge in [0.05, 0.1) is 10.4 Å². The van der Waals surface area contributed by atoms with Crippen molar-refractivity contribution in [1.29, 1.82) is 0 Å². The maximum Gasteiger partial charge on any atom is 0.264 e. The van der Waals surface area contributed by atoms with Crippen molar-refractivity contribution in [2.45, 2.75) is 0 Å². The van der Waals surface area contributed by atoms with E-state index < -0.39 is 0 Å². The molecule has 1 saturated heterocycles. The highest BCUT2D eigenvalue weighted by Crippen LogP contribution is 2.24. The Kier molecular flexibility index (Phi) is 6.96. The van der Waals surface area contributed by atoms with E-state index in [2.05, 4.69) is 10.2 Å². The maximum absolute atomic E-state index is 12.7. The summed E-state index contributed by atoms with van der Waals surface area (Å²) in [4.78, 5) is 30.1. The van der Waals surface area contributed by atoms with E-state index in [1.165, 1.54) is 11.3 Å². The molecule has 7 heteroatoms. The van der Waals surface area contributed by atoms with Crippen LogP contribution in [-0.2, 0) is 0 Å². The van der Waals surface area contributed by atoms with Crippen LogP contribution in [0.5, 0.6) is 11.5 Å². The Labute approximate surface area is 186 Å². The highest BCUT2D eigenvalue weighted by molar-refractivity contribution is 7.12. The number of para-hydroxylation sites is 2. The van der Waals surface area contributed by atoms with Gasteiger partial charge in [0.15, 0.2) is 0 Å². The van der Waals surface area contributed by atoms with Crippen molar-refractivity contribution < 1.29 is 14.3 Å². The molecule has 1 fully saturated rings. The molecule has 1 N–H and O–H groups in total. The number of carbonyl (C=O) groups excluding carboxylic acids is 2. The number of rotatable bonds is 7. The number of hydrogen-bond donors (Lipinski definition) is 1. The van der Waals surface area contributed by atoms with Gasteiger partial charge in [-0.15, -0.1) is 11.3 Å². The number of amides is 2. The molecule has 0 saturated carbocycles. The summed E-state index contributed by atoms with van der Waals surface area (Å²) in [7, 11) is 0. The van der Waals surface area contributed by atoms with Crippen LogP contribution < -0.4 is 10.1 Å². The van der Waals surface area contributed by atoms with Gasteiger partial charge in [-0.05, 0) is 35.7 Å². The number of thiophene rings is 1. The van der Waals surface area contributed by atoms with Gasteiger partial charge in [0.2, 0.25) is 0 Å². The summed E-state index contributed by atoms with van der Waals surface area (Å²) in [5, 5.41) is 4.92. The van der Waals surface area contributed by atoms with E-state index in [1.807, 2.05) is 64.9 Å². The molecule has 0 radical (unpaired) electrons. The van der Waals surface area contributed by atoms with Crippen LogP contribution in [-0.4, -0.2) is 60.9 Å². The molecule has 6 nitrogen and oxygen atoms in total. The summed E-state index contributed by atoms with van der Waals surface area (Å²) < 4.78 is 5.88. The van der Waals surface area contributed by atoms with Crippen molar-refractivity contribution in [3.63, 3.8) is 0 Å². The van der Waals surface area contributed by atoms with Crippen molar-refractivity contribution >= 4 is 23.2 Å². The fourth-order valence-corrected chi connectivity index (χ4v) is 4.20. The molecule has 0 spiro atoms. The van der Waals surface area contributed by atoms with E-state index in [0.29, 0.717) is 36.7 Å². The molecule has 4 rings (SSSR count). The van der Waals surface area contributed by atoms with Crippen molar-refractivity contribution in [2.75, 3.05) is 39.3 Å². The minimum atomic E-state index is -0.155. The monoisotopic (exact) mass is 435 g/mol. The molecule has 1 aromatic heterocycles. The predicted octanol–water partition coefficient (Wildman–Crippen LogP) is 3.73. The molecule has 2 amide bonds. The lowest BCUT2D eigenvalue weighted by molar-refractivity contribution is 0.0643. The number of hydrogen-bond acceptors (Lipinski definition) is 5. The summed E-state index contributed by atoms with van der Waals surface area (Å²) in [5.41, 5.74) is 0.512. The smallest absolute Gasteiger partial charge is 0.264 e. The summed E-state index contributed by atoms with van der Waals surface area (Å²) in [6.45, 7) is 4.31. The first-order valence-corrected chi connectivity index (χ1v) is 11.2. The summed E-state index contributed by atoms with van der Waals surface area (Å²) >= 11 is 1.48. The molecule has 2 heterocycles. The number of ether oxygens (including phenoxy) is 1. The van der Waals surface area contributed by atoms with Gasteiger partial charge in [-0.25, -0.2) is 0 Å². The molecular formula is C24H25N3O3S. The van der Waals surface area contributed by atoms with E-state index in [4.69, 9.17) is 4.74 Å². The molecule has 0 aliphatic carbocycles. The molecule has 0 unspecified atom stereocenters. The fraction of sp³-hybridized carbons (Fsp3) is 0.250. The number of benzene rings is 2. The molecule has 0 atom stereocenters. The van der Waals surface area contributed by atoms with Crippen LogP contribution >= 0.6 is 11.3 Å². The van der Waals surface area contributed by atoms with E-state index >= 15 is 0 Å². The van der Waals surface area contributed by atoms with E-state index in [1.54, 1.807) is 12.1 Å². The Bertz CT molecular complexity index is 1000. The molecule has 2 aromatic carbocycles. The van der Waals surface area contributed by atoms with Crippen molar-refractivity contribution in [1.82, 2.24) is 15.1 Å². The number of nitrogens with zero attached hydrogens (tertiary/aromatic N) is 2. The third kappa shape index (κ3) is 5.51. The summed E-state index contributed by atoms with van der Waals surface area (Å²) in [6, 6.07) is 20.4. The molecule has 1 aliphatic rings. The van der Waals surface area contributed by atoms with Gasteiger partial charge in [0, 0.05) is 39.3 Å². The third-order valence-electron chi connectivity index (χ3n) is 5.21. The first-order valence-electron chi connectivity index (χ1n) is 10.4. The fourth-order valence-electron chi connectivity index (χ4n) is 3.51. The minimum absolute atomic E-state index is 0.109. The topological polar surface area (TPSA) is 61.9 Å². The van der Waals surface area contributed by atoms with E-state index in [-0.39, 0.29) is 11.8 Å². The lowest BCUT2D eigenvalue weighted by atomic mass is 10.2. The number of nitrogens with one attached hydrogen (secondary N) is 1. The van der Waals surface area contributed by atoms with Crippen LogP contribution in [0.25, 0.3) is 0 Å². The second kappa shape index (κ2) is 10.2. The van der Waals surface area contributed by atoms with Gasteiger partial charge in [-0.3, -0.25) is 14.5 Å². The average molecular weight is 436 g/mol. The van der Waals surface area contributed by atoms with Gasteiger partial charge in [-0.2, -0.15) is 0 Å². The molecule has 160 valence electrons. The van der Waals surface area contributed by atoms with Crippen LogP contribution in [0.4, 0.5) is 0 Å². The number of carbonyl (C=O) groups is 2. The molecular weight excluding hydrogens is 410 g/mol. The SMILES string of the molecule is O=C(NCCN1CCN(C(=O)c2cccs2)CC1)c1ccccc1Oc1ccccc1. The summed E-state index contributed by atoms with van der Waals surface area (Å²) in [5.74, 6) is 1.18. The standard InChI is InChI=1S/C24H25N3O3S/c28-23(20-9-4-5-10-21(20)30-19-7-2-1-3-8-19)25-12-13-26-14-16-27(17-15-26)24(29)22-11-6-18-31-22/h1-11,18H,12-17H2,(H,25,28). The second-order valence-electron chi connectivity index (χ2n) is 7.28. The Morgan fingerprint density at radius 2 is 1.65 bits per heavy atom. The quantitative estimate of drug-likeness (QED) is 0.614. The van der Waals surface area contributed by atoms with Crippen LogP contribution in [0.1, 0.15) is 20.0 Å². The van der Waals surface area contributed by atoms with Crippen molar-refractivity contribution in [3.8, 4) is 11.5 Å². The zero-order chi connectivity index (χ0) is 21.5. The average Bonchev–Trinajstić information content (AvgIpc) is 3.35. The second-order valence-corrected chi connectivity index (χ2v) is 8.23. The normalized spacial score (nSPS) is 14.3. The highest BCUT2D eigenvalue weighted by Gasteiger charge is 2.22. The molecule has 31 heavy (non-hydrogen) atoms. The Balaban J connectivity index is 1.24. The van der Waals surface area contributed by atoms with Crippen LogP contribution in [0, 0.1) is 0 Å². The first-order chi connectivity index (χ1) is 15.2. The maximum atomic E-state index is 12.7. The van der Waals surface area contributed by atoms with Gasteiger partial charge >= 0.3 is 0 Å². The highest BCUT2D eigenvalue weighted by atomic mass is 32.1. The predicted molar refractivity (Wildman–Crippen MR) is 122 cm³/mol. The Morgan fingerprint density at radius 3 is 2.39 bits per heavy atom. The van der Waals surface area contributed by atoms with Crippen molar-refractivity contribution in [3.05, 3.63) is 82.6 Å². The lowest BCUT2D eigenvalue weighted by Crippen LogP contribution is -2.50. The van der Waals surface area contributed by atoms with Gasteiger partial charge in [-0.1, -0.05) is 36.4 Å². The van der Waals surface area contributed by atoms with Crippen LogP contribution in [0.2, 0.25) is 0 Å². The van der Waals surface area contributed by atoms with E-state index in [0.717, 1.165) is 24.5 Å². The van der Waals surface area contributed by atoms with E-state index in [9.17, 15) is 9.59 Å². The zero-order valence-electron chi connectivity index (χ0n) is 17.2. The van der Waals surface area contributed by atoms with Gasteiger partial charge in [0.1, 0.15) is 11.5 Å². The molecule has 0 bridgehead atoms.